The van der Waals surface area contributed by atoms with Crippen LogP contribution in [-0.4, -0.2) is 32.8 Å². The third kappa shape index (κ3) is 3.36. The molecular weight excluding hydrogens is 274 g/mol. The van der Waals surface area contributed by atoms with Crippen molar-refractivity contribution in [3.63, 3.8) is 0 Å². The summed E-state index contributed by atoms with van der Waals surface area (Å²) in [6.07, 6.45) is 0. The van der Waals surface area contributed by atoms with Crippen LogP contribution in [0.3, 0.4) is 0 Å². The van der Waals surface area contributed by atoms with E-state index in [-0.39, 0.29) is 5.97 Å². The minimum absolute atomic E-state index is 0.243. The predicted octanol–water partition coefficient (Wildman–Crippen LogP) is 2.74. The summed E-state index contributed by atoms with van der Waals surface area (Å²) in [5.41, 5.74) is 0.972. The standard InChI is InChI=1S/C15H19NO3S/c1-3-19-15(17)14(16-8-9-18-2)12-10-20-13-7-5-4-6-11(12)13/h4-7,10,14,16H,3,8-9H2,1-2H3. The number of methoxy groups -OCH3 is 1. The van der Waals surface area contributed by atoms with Crippen molar-refractivity contribution in [3.8, 4) is 0 Å². The van der Waals surface area contributed by atoms with Crippen molar-refractivity contribution >= 4 is 27.4 Å². The van der Waals surface area contributed by atoms with Crippen molar-refractivity contribution in [3.05, 3.63) is 35.2 Å². The Morgan fingerprint density at radius 1 is 1.40 bits per heavy atom. The number of carbonyl (C=O) groups is 1. The maximum atomic E-state index is 12.2. The van der Waals surface area contributed by atoms with E-state index in [1.807, 2.05) is 30.5 Å². The minimum atomic E-state index is -0.443. The molecule has 0 aliphatic heterocycles. The third-order valence-electron chi connectivity index (χ3n) is 3.00. The number of hydrogen-bond donors (Lipinski definition) is 1. The molecule has 20 heavy (non-hydrogen) atoms. The van der Waals surface area contributed by atoms with E-state index in [1.54, 1.807) is 18.4 Å². The molecule has 1 aromatic carbocycles. The Kier molecular flexibility index (Phi) is 5.52. The lowest BCUT2D eigenvalue weighted by molar-refractivity contribution is -0.145. The molecule has 0 radical (unpaired) electrons. The second-order valence-corrected chi connectivity index (χ2v) is 5.23. The smallest absolute Gasteiger partial charge is 0.327 e. The van der Waals surface area contributed by atoms with Gasteiger partial charge in [-0.15, -0.1) is 11.3 Å². The molecule has 0 aliphatic carbocycles. The van der Waals surface area contributed by atoms with E-state index < -0.39 is 6.04 Å². The molecule has 2 aromatic rings. The molecule has 108 valence electrons. The summed E-state index contributed by atoms with van der Waals surface area (Å²) in [6, 6.07) is 7.63. The van der Waals surface area contributed by atoms with Crippen LogP contribution >= 0.6 is 11.3 Å². The van der Waals surface area contributed by atoms with Gasteiger partial charge in [-0.3, -0.25) is 5.32 Å². The molecule has 0 saturated carbocycles. The van der Waals surface area contributed by atoms with E-state index in [4.69, 9.17) is 9.47 Å². The fraction of sp³-hybridized carbons (Fsp3) is 0.400. The average Bonchev–Trinajstić information content (AvgIpc) is 2.88. The van der Waals surface area contributed by atoms with E-state index in [0.29, 0.717) is 19.8 Å². The molecule has 2 rings (SSSR count). The van der Waals surface area contributed by atoms with Crippen LogP contribution in [0.2, 0.25) is 0 Å². The van der Waals surface area contributed by atoms with Crippen molar-refractivity contribution in [2.75, 3.05) is 26.9 Å². The molecule has 4 nitrogen and oxygen atoms in total. The van der Waals surface area contributed by atoms with Gasteiger partial charge in [-0.25, -0.2) is 4.79 Å². The first-order chi connectivity index (χ1) is 9.77. The number of thiophene rings is 1. The lowest BCUT2D eigenvalue weighted by Crippen LogP contribution is -2.32. The number of rotatable bonds is 7. The fourth-order valence-electron chi connectivity index (χ4n) is 2.07. The van der Waals surface area contributed by atoms with Crippen LogP contribution in [0.4, 0.5) is 0 Å². The second-order valence-electron chi connectivity index (χ2n) is 4.32. The van der Waals surface area contributed by atoms with Gasteiger partial charge in [0, 0.05) is 18.4 Å². The van der Waals surface area contributed by atoms with Crippen LogP contribution in [0.25, 0.3) is 10.1 Å². The Bertz CT molecular complexity index is 567. The van der Waals surface area contributed by atoms with Gasteiger partial charge in [-0.05, 0) is 29.3 Å². The highest BCUT2D eigenvalue weighted by Crippen LogP contribution is 2.30. The zero-order valence-electron chi connectivity index (χ0n) is 11.7. The van der Waals surface area contributed by atoms with Gasteiger partial charge in [0.05, 0.1) is 13.2 Å². The Hall–Kier alpha value is -1.43. The van der Waals surface area contributed by atoms with Crippen molar-refractivity contribution in [1.29, 1.82) is 0 Å². The number of hydrogen-bond acceptors (Lipinski definition) is 5. The topological polar surface area (TPSA) is 47.6 Å². The Labute approximate surface area is 122 Å². The lowest BCUT2D eigenvalue weighted by Gasteiger charge is -2.16. The van der Waals surface area contributed by atoms with Crippen LogP contribution < -0.4 is 5.32 Å². The maximum absolute atomic E-state index is 12.2. The molecule has 1 aromatic heterocycles. The Balaban J connectivity index is 2.27. The van der Waals surface area contributed by atoms with E-state index in [9.17, 15) is 4.79 Å². The summed E-state index contributed by atoms with van der Waals surface area (Å²) < 4.78 is 11.4. The predicted molar refractivity (Wildman–Crippen MR) is 81.1 cm³/mol. The molecule has 0 aliphatic rings. The molecule has 0 spiro atoms. The van der Waals surface area contributed by atoms with Crippen LogP contribution in [0.1, 0.15) is 18.5 Å². The van der Waals surface area contributed by atoms with Gasteiger partial charge in [0.25, 0.3) is 0 Å². The van der Waals surface area contributed by atoms with Gasteiger partial charge in [0.15, 0.2) is 0 Å². The number of nitrogens with one attached hydrogen (secondary N) is 1. The number of esters is 1. The van der Waals surface area contributed by atoms with Gasteiger partial charge in [0.2, 0.25) is 0 Å². The largest absolute Gasteiger partial charge is 0.465 e. The zero-order valence-corrected chi connectivity index (χ0v) is 12.5. The van der Waals surface area contributed by atoms with E-state index in [2.05, 4.69) is 11.4 Å². The normalized spacial score (nSPS) is 12.5. The minimum Gasteiger partial charge on any atom is -0.465 e. The summed E-state index contributed by atoms with van der Waals surface area (Å²) in [6.45, 7) is 3.35. The van der Waals surface area contributed by atoms with E-state index >= 15 is 0 Å². The zero-order chi connectivity index (χ0) is 14.4. The summed E-state index contributed by atoms with van der Waals surface area (Å²) in [4.78, 5) is 12.2. The third-order valence-corrected chi connectivity index (χ3v) is 3.98. The summed E-state index contributed by atoms with van der Waals surface area (Å²) in [5, 5.41) is 6.32. The van der Waals surface area contributed by atoms with Crippen LogP contribution in [0.5, 0.6) is 0 Å². The monoisotopic (exact) mass is 293 g/mol. The first-order valence-electron chi connectivity index (χ1n) is 6.63. The second kappa shape index (κ2) is 7.38. The summed E-state index contributed by atoms with van der Waals surface area (Å²) in [7, 11) is 1.64. The van der Waals surface area contributed by atoms with Crippen LogP contribution in [0, 0.1) is 0 Å². The maximum Gasteiger partial charge on any atom is 0.327 e. The average molecular weight is 293 g/mol. The summed E-state index contributed by atoms with van der Waals surface area (Å²) >= 11 is 1.64. The summed E-state index contributed by atoms with van der Waals surface area (Å²) in [5.74, 6) is -0.243. The Morgan fingerprint density at radius 2 is 2.20 bits per heavy atom. The fourth-order valence-corrected chi connectivity index (χ4v) is 3.06. The highest BCUT2D eigenvalue weighted by molar-refractivity contribution is 7.17. The molecule has 1 heterocycles. The number of fused-ring (bicyclic) bond motifs is 1. The molecule has 1 N–H and O–H groups in total. The van der Waals surface area contributed by atoms with Crippen molar-refractivity contribution in [1.82, 2.24) is 5.32 Å². The van der Waals surface area contributed by atoms with E-state index in [1.165, 1.54) is 4.70 Å². The number of ether oxygens (including phenoxy) is 2. The van der Waals surface area contributed by atoms with Gasteiger partial charge < -0.3 is 9.47 Å². The lowest BCUT2D eigenvalue weighted by atomic mass is 10.1. The van der Waals surface area contributed by atoms with Crippen molar-refractivity contribution in [2.45, 2.75) is 13.0 Å². The molecule has 0 bridgehead atoms. The molecular formula is C15H19NO3S. The van der Waals surface area contributed by atoms with Gasteiger partial charge in [-0.2, -0.15) is 0 Å². The highest BCUT2D eigenvalue weighted by atomic mass is 32.1. The quantitative estimate of drug-likeness (QED) is 0.630. The van der Waals surface area contributed by atoms with Crippen LogP contribution in [-0.2, 0) is 14.3 Å². The van der Waals surface area contributed by atoms with Gasteiger partial charge in [0.1, 0.15) is 6.04 Å². The molecule has 1 atom stereocenters. The van der Waals surface area contributed by atoms with Gasteiger partial charge >= 0.3 is 5.97 Å². The molecule has 5 heteroatoms. The van der Waals surface area contributed by atoms with E-state index in [0.717, 1.165) is 10.9 Å². The van der Waals surface area contributed by atoms with Crippen molar-refractivity contribution < 1.29 is 14.3 Å². The number of carbonyl (C=O) groups excluding carboxylic acids is 1. The first-order valence-corrected chi connectivity index (χ1v) is 7.51. The SMILES string of the molecule is CCOC(=O)C(NCCOC)c1csc2ccccc12. The Morgan fingerprint density at radius 3 is 2.95 bits per heavy atom. The molecule has 0 fully saturated rings. The van der Waals surface area contributed by atoms with Crippen LogP contribution in [0.15, 0.2) is 29.6 Å². The van der Waals surface area contributed by atoms with Gasteiger partial charge in [-0.1, -0.05) is 18.2 Å². The molecule has 1 unspecified atom stereocenters. The number of benzene rings is 1. The first kappa shape index (κ1) is 15.0. The molecule has 0 amide bonds. The highest BCUT2D eigenvalue weighted by Gasteiger charge is 2.24. The molecule has 0 saturated heterocycles. The van der Waals surface area contributed by atoms with Crippen molar-refractivity contribution in [2.24, 2.45) is 0 Å².